The van der Waals surface area contributed by atoms with E-state index in [1.54, 1.807) is 18.5 Å². The maximum atomic E-state index is 12.3. The van der Waals surface area contributed by atoms with Crippen LogP contribution in [0.25, 0.3) is 10.9 Å². The Kier molecular flexibility index (Phi) is 5.05. The molecule has 0 radical (unpaired) electrons. The van der Waals surface area contributed by atoms with Gasteiger partial charge in [0.2, 0.25) is 5.91 Å². The summed E-state index contributed by atoms with van der Waals surface area (Å²) in [5.41, 5.74) is 6.57. The summed E-state index contributed by atoms with van der Waals surface area (Å²) in [4.78, 5) is 28.1. The van der Waals surface area contributed by atoms with E-state index < -0.39 is 0 Å². The molecule has 2 aromatic heterocycles. The number of hydrogen-bond donors (Lipinski definition) is 4. The molecule has 1 aliphatic carbocycles. The zero-order valence-corrected chi connectivity index (χ0v) is 13.4. The minimum Gasteiger partial charge on any atom is -0.353 e. The minimum atomic E-state index is -0.172. The van der Waals surface area contributed by atoms with Gasteiger partial charge in [0, 0.05) is 30.4 Å². The summed E-state index contributed by atoms with van der Waals surface area (Å²) in [5, 5.41) is 13.6. The number of nitrogens with zero attached hydrogens (tertiary/aromatic N) is 2. The lowest BCUT2D eigenvalue weighted by Gasteiger charge is -2.29. The van der Waals surface area contributed by atoms with Crippen LogP contribution in [-0.4, -0.2) is 45.6 Å². The molecule has 0 atom stereocenters. The number of carbonyl (C=O) groups is 2. The third-order valence-electron chi connectivity index (χ3n) is 4.36. The van der Waals surface area contributed by atoms with Crippen LogP contribution in [0, 0.1) is 0 Å². The number of aromatic nitrogens is 3. The van der Waals surface area contributed by atoms with E-state index in [2.05, 4.69) is 25.8 Å². The van der Waals surface area contributed by atoms with Crippen molar-refractivity contribution < 1.29 is 9.59 Å². The van der Waals surface area contributed by atoms with E-state index in [9.17, 15) is 9.59 Å². The summed E-state index contributed by atoms with van der Waals surface area (Å²) in [6.45, 7) is 0.366. The number of nitrogens with one attached hydrogen (secondary N) is 3. The first-order chi connectivity index (χ1) is 11.7. The van der Waals surface area contributed by atoms with Crippen LogP contribution in [0.3, 0.4) is 0 Å². The molecule has 3 rings (SSSR count). The van der Waals surface area contributed by atoms with Crippen molar-refractivity contribution in [1.29, 1.82) is 0 Å². The summed E-state index contributed by atoms with van der Waals surface area (Å²) < 4.78 is 0. The number of H-pyrrole nitrogens is 1. The van der Waals surface area contributed by atoms with Crippen LogP contribution >= 0.6 is 0 Å². The predicted molar refractivity (Wildman–Crippen MR) is 89.2 cm³/mol. The first-order valence-corrected chi connectivity index (χ1v) is 8.25. The van der Waals surface area contributed by atoms with Crippen LogP contribution in [0.15, 0.2) is 18.5 Å². The molecule has 24 heavy (non-hydrogen) atoms. The molecule has 2 heterocycles. The van der Waals surface area contributed by atoms with Crippen molar-refractivity contribution in [3.8, 4) is 0 Å². The molecule has 2 aromatic rings. The van der Waals surface area contributed by atoms with E-state index in [1.165, 1.54) is 0 Å². The highest BCUT2D eigenvalue weighted by Gasteiger charge is 2.24. The van der Waals surface area contributed by atoms with Crippen LogP contribution in [0.5, 0.6) is 0 Å². The van der Waals surface area contributed by atoms with Gasteiger partial charge in [-0.1, -0.05) is 0 Å². The molecular formula is C16H22N6O2. The molecule has 1 fully saturated rings. The Morgan fingerprint density at radius 2 is 1.88 bits per heavy atom. The number of carbonyl (C=O) groups excluding carboxylic acids is 2. The minimum absolute atomic E-state index is 0.00241. The Morgan fingerprint density at radius 3 is 2.58 bits per heavy atom. The molecule has 0 unspecified atom stereocenters. The van der Waals surface area contributed by atoms with Gasteiger partial charge < -0.3 is 16.4 Å². The van der Waals surface area contributed by atoms with E-state index in [-0.39, 0.29) is 23.9 Å². The van der Waals surface area contributed by atoms with Gasteiger partial charge in [-0.05, 0) is 31.7 Å². The largest absolute Gasteiger partial charge is 0.353 e. The maximum absolute atomic E-state index is 12.3. The highest BCUT2D eigenvalue weighted by Crippen LogP contribution is 2.19. The van der Waals surface area contributed by atoms with Crippen LogP contribution in [-0.2, 0) is 4.79 Å². The number of aromatic amines is 1. The smallest absolute Gasteiger partial charge is 0.270 e. The van der Waals surface area contributed by atoms with Crippen molar-refractivity contribution >= 4 is 22.7 Å². The average Bonchev–Trinajstić information content (AvgIpc) is 3.04. The molecule has 0 bridgehead atoms. The van der Waals surface area contributed by atoms with Crippen molar-refractivity contribution in [2.24, 2.45) is 5.73 Å². The highest BCUT2D eigenvalue weighted by atomic mass is 16.2. The SMILES string of the molecule is NCCC(=O)N[C@H]1CC[C@H](NC(=O)c2cc3cn[nH]c3cn2)CC1. The molecule has 8 nitrogen and oxygen atoms in total. The summed E-state index contributed by atoms with van der Waals surface area (Å²) in [5.74, 6) is -0.170. The Labute approximate surface area is 139 Å². The van der Waals surface area contributed by atoms with E-state index in [0.29, 0.717) is 18.7 Å². The fourth-order valence-electron chi connectivity index (χ4n) is 3.04. The highest BCUT2D eigenvalue weighted by molar-refractivity contribution is 5.95. The standard InChI is InChI=1S/C16H22N6O2/c17-6-5-15(23)20-11-1-3-12(4-2-11)21-16(24)13-7-10-8-19-22-14(10)9-18-13/h7-9,11-12H,1-6,17H2,(H,19,22)(H,20,23)(H,21,24)/t11-,12-. The molecule has 0 spiro atoms. The Bertz CT molecular complexity index is 720. The van der Waals surface area contributed by atoms with Gasteiger partial charge >= 0.3 is 0 Å². The van der Waals surface area contributed by atoms with Gasteiger partial charge in [-0.15, -0.1) is 0 Å². The quantitative estimate of drug-likeness (QED) is 0.634. The summed E-state index contributed by atoms with van der Waals surface area (Å²) in [6, 6.07) is 2.02. The third-order valence-corrected chi connectivity index (χ3v) is 4.36. The number of pyridine rings is 1. The van der Waals surface area contributed by atoms with Gasteiger partial charge in [0.15, 0.2) is 0 Å². The predicted octanol–water partition coefficient (Wildman–Crippen LogP) is 0.464. The second-order valence-electron chi connectivity index (χ2n) is 6.15. The fourth-order valence-corrected chi connectivity index (χ4v) is 3.04. The zero-order chi connectivity index (χ0) is 16.9. The molecular weight excluding hydrogens is 308 g/mol. The maximum Gasteiger partial charge on any atom is 0.270 e. The topological polar surface area (TPSA) is 126 Å². The van der Waals surface area contributed by atoms with Crippen molar-refractivity contribution in [3.63, 3.8) is 0 Å². The fraction of sp³-hybridized carbons (Fsp3) is 0.500. The number of fused-ring (bicyclic) bond motifs is 1. The van der Waals surface area contributed by atoms with Crippen LogP contribution in [0.2, 0.25) is 0 Å². The van der Waals surface area contributed by atoms with E-state index >= 15 is 0 Å². The van der Waals surface area contributed by atoms with Crippen LogP contribution < -0.4 is 16.4 Å². The van der Waals surface area contributed by atoms with Crippen LogP contribution in [0.1, 0.15) is 42.6 Å². The lowest BCUT2D eigenvalue weighted by molar-refractivity contribution is -0.121. The lowest BCUT2D eigenvalue weighted by atomic mass is 9.91. The third kappa shape index (κ3) is 3.88. The molecule has 8 heteroatoms. The normalized spacial score (nSPS) is 20.7. The first-order valence-electron chi connectivity index (χ1n) is 8.25. The molecule has 2 amide bonds. The van der Waals surface area contributed by atoms with Gasteiger partial charge in [-0.2, -0.15) is 5.10 Å². The van der Waals surface area contributed by atoms with E-state index in [1.807, 2.05) is 0 Å². The Morgan fingerprint density at radius 1 is 1.17 bits per heavy atom. The summed E-state index contributed by atoms with van der Waals surface area (Å²) in [7, 11) is 0. The van der Waals surface area contributed by atoms with Crippen molar-refractivity contribution in [1.82, 2.24) is 25.8 Å². The molecule has 0 saturated heterocycles. The molecule has 0 aromatic carbocycles. The van der Waals surface area contributed by atoms with Gasteiger partial charge in [0.1, 0.15) is 5.69 Å². The van der Waals surface area contributed by atoms with Crippen molar-refractivity contribution in [2.75, 3.05) is 6.54 Å². The first kappa shape index (κ1) is 16.4. The van der Waals surface area contributed by atoms with Crippen molar-refractivity contribution in [3.05, 3.63) is 24.2 Å². The van der Waals surface area contributed by atoms with Crippen molar-refractivity contribution in [2.45, 2.75) is 44.2 Å². The Balaban J connectivity index is 1.50. The second kappa shape index (κ2) is 7.39. The molecule has 1 aliphatic rings. The van der Waals surface area contributed by atoms with E-state index in [0.717, 1.165) is 36.6 Å². The summed E-state index contributed by atoms with van der Waals surface area (Å²) >= 11 is 0. The molecule has 5 N–H and O–H groups in total. The zero-order valence-electron chi connectivity index (χ0n) is 13.4. The van der Waals surface area contributed by atoms with Gasteiger partial charge in [-0.3, -0.25) is 14.7 Å². The Hall–Kier alpha value is -2.48. The molecule has 0 aliphatic heterocycles. The van der Waals surface area contributed by atoms with E-state index in [4.69, 9.17) is 5.73 Å². The number of rotatable bonds is 5. The van der Waals surface area contributed by atoms with Gasteiger partial charge in [0.25, 0.3) is 5.91 Å². The summed E-state index contributed by atoms with van der Waals surface area (Å²) in [6.07, 6.45) is 7.04. The second-order valence-corrected chi connectivity index (χ2v) is 6.15. The van der Waals surface area contributed by atoms with Crippen LogP contribution in [0.4, 0.5) is 0 Å². The van der Waals surface area contributed by atoms with Gasteiger partial charge in [0.05, 0.1) is 17.9 Å². The average molecular weight is 330 g/mol. The monoisotopic (exact) mass is 330 g/mol. The van der Waals surface area contributed by atoms with Gasteiger partial charge in [-0.25, -0.2) is 4.98 Å². The number of hydrogen-bond acceptors (Lipinski definition) is 5. The molecule has 128 valence electrons. The number of nitrogens with two attached hydrogens (primary N) is 1. The number of amides is 2. The molecule has 1 saturated carbocycles. The lowest BCUT2D eigenvalue weighted by Crippen LogP contribution is -2.44.